The Kier molecular flexibility index (Phi) is 4.07. The molecule has 0 bridgehead atoms. The Morgan fingerprint density at radius 3 is 2.43 bits per heavy atom. The third-order valence-corrected chi connectivity index (χ3v) is 3.17. The van der Waals surface area contributed by atoms with Crippen molar-refractivity contribution >= 4 is 23.0 Å². The Morgan fingerprint density at radius 1 is 0.957 bits per heavy atom. The van der Waals surface area contributed by atoms with E-state index in [4.69, 9.17) is 9.68 Å². The van der Waals surface area contributed by atoms with Gasteiger partial charge in [-0.1, -0.05) is 6.07 Å². The number of hydrogen-bond acceptors (Lipinski definition) is 4. The van der Waals surface area contributed by atoms with Crippen molar-refractivity contribution in [2.45, 2.75) is 0 Å². The van der Waals surface area contributed by atoms with E-state index in [0.29, 0.717) is 11.3 Å². The number of rotatable bonds is 4. The van der Waals surface area contributed by atoms with Gasteiger partial charge in [0.05, 0.1) is 17.9 Å². The zero-order valence-corrected chi connectivity index (χ0v) is 12.1. The number of furan rings is 1. The van der Waals surface area contributed by atoms with E-state index in [1.165, 1.54) is 6.26 Å². The van der Waals surface area contributed by atoms with Gasteiger partial charge in [0.1, 0.15) is 0 Å². The van der Waals surface area contributed by atoms with Gasteiger partial charge in [-0.05, 0) is 54.6 Å². The molecule has 112 valence electrons. The number of nitrogens with zero attached hydrogens (tertiary/aromatic N) is 1. The Balaban J connectivity index is 1.67. The predicted molar refractivity (Wildman–Crippen MR) is 87.5 cm³/mol. The Morgan fingerprint density at radius 2 is 1.74 bits per heavy atom. The summed E-state index contributed by atoms with van der Waals surface area (Å²) in [6, 6.07) is 19.9. The zero-order chi connectivity index (χ0) is 16.1. The van der Waals surface area contributed by atoms with Gasteiger partial charge in [-0.2, -0.15) is 5.26 Å². The van der Waals surface area contributed by atoms with Crippen molar-refractivity contribution in [1.82, 2.24) is 0 Å². The summed E-state index contributed by atoms with van der Waals surface area (Å²) < 4.78 is 5.04. The largest absolute Gasteiger partial charge is 0.459 e. The van der Waals surface area contributed by atoms with Gasteiger partial charge in [0.15, 0.2) is 5.76 Å². The normalized spacial score (nSPS) is 9.87. The monoisotopic (exact) mass is 303 g/mol. The van der Waals surface area contributed by atoms with Gasteiger partial charge in [0, 0.05) is 17.1 Å². The van der Waals surface area contributed by atoms with Gasteiger partial charge in [0.2, 0.25) is 0 Å². The molecule has 23 heavy (non-hydrogen) atoms. The quantitative estimate of drug-likeness (QED) is 0.759. The van der Waals surface area contributed by atoms with Crippen LogP contribution in [0.25, 0.3) is 0 Å². The minimum absolute atomic E-state index is 0.264. The molecule has 0 aliphatic rings. The smallest absolute Gasteiger partial charge is 0.291 e. The molecule has 2 aromatic carbocycles. The minimum atomic E-state index is -0.294. The van der Waals surface area contributed by atoms with Gasteiger partial charge in [-0.25, -0.2) is 0 Å². The van der Waals surface area contributed by atoms with Crippen molar-refractivity contribution in [2.24, 2.45) is 0 Å². The van der Waals surface area contributed by atoms with E-state index >= 15 is 0 Å². The average molecular weight is 303 g/mol. The lowest BCUT2D eigenvalue weighted by Crippen LogP contribution is -2.10. The summed E-state index contributed by atoms with van der Waals surface area (Å²) in [4.78, 5) is 11.9. The fourth-order valence-corrected chi connectivity index (χ4v) is 2.07. The number of nitrogens with one attached hydrogen (secondary N) is 2. The maximum Gasteiger partial charge on any atom is 0.291 e. The molecule has 2 N–H and O–H groups in total. The van der Waals surface area contributed by atoms with Crippen molar-refractivity contribution in [3.63, 3.8) is 0 Å². The molecular weight excluding hydrogens is 290 g/mol. The van der Waals surface area contributed by atoms with Crippen LogP contribution in [0.2, 0.25) is 0 Å². The fourth-order valence-electron chi connectivity index (χ4n) is 2.07. The molecule has 0 radical (unpaired) electrons. The first-order valence-corrected chi connectivity index (χ1v) is 6.97. The van der Waals surface area contributed by atoms with Crippen LogP contribution in [-0.2, 0) is 0 Å². The summed E-state index contributed by atoms with van der Waals surface area (Å²) in [6.07, 6.45) is 1.46. The maximum absolute atomic E-state index is 11.9. The van der Waals surface area contributed by atoms with E-state index in [2.05, 4.69) is 16.7 Å². The first kappa shape index (κ1) is 14.4. The van der Waals surface area contributed by atoms with Crippen molar-refractivity contribution in [3.8, 4) is 6.07 Å². The molecule has 0 atom stereocenters. The van der Waals surface area contributed by atoms with E-state index in [1.807, 2.05) is 24.3 Å². The van der Waals surface area contributed by atoms with Crippen molar-refractivity contribution < 1.29 is 9.21 Å². The predicted octanol–water partition coefficient (Wildman–Crippen LogP) is 4.15. The highest BCUT2D eigenvalue weighted by molar-refractivity contribution is 6.02. The van der Waals surface area contributed by atoms with Crippen LogP contribution in [-0.4, -0.2) is 5.91 Å². The second-order valence-electron chi connectivity index (χ2n) is 4.83. The Bertz CT molecular complexity index is 847. The fraction of sp³-hybridized carbons (Fsp3) is 0. The minimum Gasteiger partial charge on any atom is -0.459 e. The number of carbonyl (C=O) groups excluding carboxylic acids is 1. The summed E-state index contributed by atoms with van der Waals surface area (Å²) in [7, 11) is 0. The second kappa shape index (κ2) is 6.50. The average Bonchev–Trinajstić information content (AvgIpc) is 3.11. The summed E-state index contributed by atoms with van der Waals surface area (Å²) in [6.45, 7) is 0. The molecule has 0 saturated heterocycles. The van der Waals surface area contributed by atoms with E-state index < -0.39 is 0 Å². The number of benzene rings is 2. The zero-order valence-electron chi connectivity index (χ0n) is 12.1. The van der Waals surface area contributed by atoms with Crippen molar-refractivity contribution in [3.05, 3.63) is 78.3 Å². The van der Waals surface area contributed by atoms with Gasteiger partial charge >= 0.3 is 0 Å². The van der Waals surface area contributed by atoms with Crippen LogP contribution >= 0.6 is 0 Å². The van der Waals surface area contributed by atoms with Crippen LogP contribution in [0.1, 0.15) is 16.1 Å². The molecule has 0 aliphatic heterocycles. The molecule has 0 spiro atoms. The Hall–Kier alpha value is -3.52. The first-order valence-electron chi connectivity index (χ1n) is 6.97. The lowest BCUT2D eigenvalue weighted by molar-refractivity contribution is 0.0996. The van der Waals surface area contributed by atoms with Gasteiger partial charge in [-0.3, -0.25) is 4.79 Å². The first-order chi connectivity index (χ1) is 11.2. The summed E-state index contributed by atoms with van der Waals surface area (Å²) in [5, 5.41) is 14.9. The SMILES string of the molecule is N#Cc1cccc(Nc2ccc(NC(=O)c3ccco3)cc2)c1. The number of hydrogen-bond donors (Lipinski definition) is 2. The van der Waals surface area contributed by atoms with Gasteiger partial charge in [0.25, 0.3) is 5.91 Å². The molecule has 0 unspecified atom stereocenters. The highest BCUT2D eigenvalue weighted by atomic mass is 16.3. The molecule has 0 saturated carbocycles. The van der Waals surface area contributed by atoms with E-state index in [0.717, 1.165) is 11.4 Å². The molecule has 5 nitrogen and oxygen atoms in total. The molecular formula is C18H13N3O2. The third kappa shape index (κ3) is 3.57. The second-order valence-corrected chi connectivity index (χ2v) is 4.83. The van der Waals surface area contributed by atoms with Crippen LogP contribution in [0.15, 0.2) is 71.3 Å². The number of anilines is 3. The van der Waals surface area contributed by atoms with Gasteiger partial charge < -0.3 is 15.1 Å². The molecule has 5 heteroatoms. The summed E-state index contributed by atoms with van der Waals surface area (Å²) >= 11 is 0. The summed E-state index contributed by atoms with van der Waals surface area (Å²) in [5.74, 6) is -0.0297. The molecule has 3 rings (SSSR count). The molecule has 3 aromatic rings. The van der Waals surface area contributed by atoms with Crippen LogP contribution in [0.5, 0.6) is 0 Å². The highest BCUT2D eigenvalue weighted by Gasteiger charge is 2.08. The van der Waals surface area contributed by atoms with Crippen LogP contribution in [0, 0.1) is 11.3 Å². The molecule has 1 amide bonds. The lowest BCUT2D eigenvalue weighted by atomic mass is 10.2. The van der Waals surface area contributed by atoms with Crippen LogP contribution in [0.4, 0.5) is 17.1 Å². The molecule has 0 fully saturated rings. The summed E-state index contributed by atoms with van der Waals surface area (Å²) in [5.41, 5.74) is 2.95. The van der Waals surface area contributed by atoms with Gasteiger partial charge in [-0.15, -0.1) is 0 Å². The molecule has 1 heterocycles. The maximum atomic E-state index is 11.9. The standard InChI is InChI=1S/C18H13N3O2/c19-12-13-3-1-4-16(11-13)20-14-6-8-15(9-7-14)21-18(22)17-5-2-10-23-17/h1-11,20H,(H,21,22). The Labute approximate surface area is 133 Å². The third-order valence-electron chi connectivity index (χ3n) is 3.17. The van der Waals surface area contributed by atoms with E-state index in [9.17, 15) is 4.79 Å². The molecule has 0 aliphatic carbocycles. The highest BCUT2D eigenvalue weighted by Crippen LogP contribution is 2.20. The number of nitriles is 1. The van der Waals surface area contributed by atoms with E-state index in [1.54, 1.807) is 36.4 Å². The molecule has 1 aromatic heterocycles. The van der Waals surface area contributed by atoms with Crippen LogP contribution < -0.4 is 10.6 Å². The van der Waals surface area contributed by atoms with Crippen molar-refractivity contribution in [2.75, 3.05) is 10.6 Å². The lowest BCUT2D eigenvalue weighted by Gasteiger charge is -2.08. The van der Waals surface area contributed by atoms with Crippen LogP contribution in [0.3, 0.4) is 0 Å². The number of carbonyl (C=O) groups is 1. The van der Waals surface area contributed by atoms with Crippen molar-refractivity contribution in [1.29, 1.82) is 5.26 Å². The number of amides is 1. The van der Waals surface area contributed by atoms with E-state index in [-0.39, 0.29) is 11.7 Å². The topological polar surface area (TPSA) is 78.1 Å².